The van der Waals surface area contributed by atoms with Gasteiger partial charge >= 0.3 is 0 Å². The summed E-state index contributed by atoms with van der Waals surface area (Å²) in [5, 5.41) is 23.4. The summed E-state index contributed by atoms with van der Waals surface area (Å²) in [6.45, 7) is 6.26. The number of halogens is 3. The highest BCUT2D eigenvalue weighted by atomic mass is 35.6. The number of carbonyl (C=O) groups is 1. The van der Waals surface area contributed by atoms with Gasteiger partial charge in [0.15, 0.2) is 6.29 Å². The third-order valence-electron chi connectivity index (χ3n) is 9.57. The number of piperazine rings is 1. The third kappa shape index (κ3) is 9.02. The maximum Gasteiger partial charge on any atom is 0.272 e. The fourth-order valence-corrected chi connectivity index (χ4v) is 6.81. The molecule has 51 heavy (non-hydrogen) atoms. The lowest BCUT2D eigenvalue weighted by Gasteiger charge is -2.44. The molecular formula is C38H39Cl3N4O6. The molecular weight excluding hydrogens is 715 g/mol. The number of nitrogens with zero attached hydrogens (tertiary/aromatic N) is 3. The van der Waals surface area contributed by atoms with Crippen molar-refractivity contribution < 1.29 is 24.3 Å². The number of nitro benzene ring substituents is 1. The summed E-state index contributed by atoms with van der Waals surface area (Å²) in [6, 6.07) is 30.3. The van der Waals surface area contributed by atoms with Crippen molar-refractivity contribution in [3.63, 3.8) is 0 Å². The number of aliphatic hydroxyl groups is 1. The van der Waals surface area contributed by atoms with Crippen LogP contribution in [0.1, 0.15) is 41.6 Å². The van der Waals surface area contributed by atoms with E-state index >= 15 is 0 Å². The summed E-state index contributed by atoms with van der Waals surface area (Å²) in [5.41, 5.74) is 6.52. The SMILES string of the molecule is C[C@@H]1[C@H](CN2CCN(c3ccc([N+](=O)[O-])cc3)CC2)O[C@H](c2ccc(-c3ccccc3CNC(=O)C(Cl)(Cl)Cl)cc2)O[C@@H]1c1ccc(CO)cc1. The lowest BCUT2D eigenvalue weighted by molar-refractivity contribution is -0.384. The van der Waals surface area contributed by atoms with Crippen LogP contribution in [-0.4, -0.2) is 63.5 Å². The number of rotatable bonds is 10. The molecule has 2 heterocycles. The van der Waals surface area contributed by atoms with E-state index in [4.69, 9.17) is 44.3 Å². The van der Waals surface area contributed by atoms with Crippen LogP contribution in [0.5, 0.6) is 0 Å². The molecule has 6 rings (SSSR count). The van der Waals surface area contributed by atoms with E-state index in [1.165, 1.54) is 0 Å². The zero-order valence-electron chi connectivity index (χ0n) is 28.0. The fourth-order valence-electron chi connectivity index (χ4n) is 6.61. The largest absolute Gasteiger partial charge is 0.392 e. The molecule has 2 N–H and O–H groups in total. The molecule has 0 aromatic heterocycles. The first-order valence-electron chi connectivity index (χ1n) is 16.8. The Morgan fingerprint density at radius 3 is 2.18 bits per heavy atom. The van der Waals surface area contributed by atoms with E-state index in [1.807, 2.05) is 84.9 Å². The van der Waals surface area contributed by atoms with E-state index in [2.05, 4.69) is 22.0 Å². The number of ether oxygens (including phenoxy) is 2. The van der Waals surface area contributed by atoms with E-state index in [-0.39, 0.29) is 41.9 Å². The van der Waals surface area contributed by atoms with E-state index in [9.17, 15) is 20.0 Å². The van der Waals surface area contributed by atoms with Crippen molar-refractivity contribution in [1.82, 2.24) is 10.2 Å². The van der Waals surface area contributed by atoms with Crippen molar-refractivity contribution in [3.8, 4) is 11.1 Å². The second-order valence-corrected chi connectivity index (χ2v) is 15.1. The third-order valence-corrected chi connectivity index (χ3v) is 10.1. The van der Waals surface area contributed by atoms with Crippen molar-refractivity contribution in [2.24, 2.45) is 5.92 Å². The van der Waals surface area contributed by atoms with Gasteiger partial charge in [0, 0.05) is 68.6 Å². The normalized spacial score (nSPS) is 21.3. The van der Waals surface area contributed by atoms with Crippen LogP contribution < -0.4 is 10.2 Å². The van der Waals surface area contributed by atoms with Crippen molar-refractivity contribution in [2.45, 2.75) is 42.4 Å². The number of anilines is 1. The van der Waals surface area contributed by atoms with Crippen LogP contribution in [-0.2, 0) is 27.4 Å². The average Bonchev–Trinajstić information content (AvgIpc) is 3.15. The zero-order chi connectivity index (χ0) is 36.1. The molecule has 0 spiro atoms. The van der Waals surface area contributed by atoms with Gasteiger partial charge in [0.2, 0.25) is 0 Å². The molecule has 0 unspecified atom stereocenters. The molecule has 0 aliphatic carbocycles. The maximum atomic E-state index is 12.2. The predicted molar refractivity (Wildman–Crippen MR) is 199 cm³/mol. The van der Waals surface area contributed by atoms with Crippen LogP contribution in [0.15, 0.2) is 97.1 Å². The number of hydrogen-bond acceptors (Lipinski definition) is 8. The van der Waals surface area contributed by atoms with Crippen LogP contribution in [0.4, 0.5) is 11.4 Å². The first-order valence-corrected chi connectivity index (χ1v) is 17.9. The van der Waals surface area contributed by atoms with Gasteiger partial charge in [-0.2, -0.15) is 0 Å². The summed E-state index contributed by atoms with van der Waals surface area (Å²) in [6.07, 6.45) is -1.01. The molecule has 0 bridgehead atoms. The standard InChI is InChI=1S/C38H39Cl3N4O6/c1-25-34(23-43-18-20-44(21-19-43)31-14-16-32(17-15-31)45(48)49)50-36(51-35(25)28-8-6-26(24-46)7-9-28)29-12-10-27(11-13-29)33-5-3-2-4-30(33)22-42-37(47)38(39,40)41/h2-17,25,34-36,46H,18-24H2,1H3,(H,42,47)/t25-,34+,35+,36+/m1/s1. The molecule has 4 aromatic carbocycles. The van der Waals surface area contributed by atoms with Crippen LogP contribution in [0.25, 0.3) is 11.1 Å². The minimum atomic E-state index is -2.05. The van der Waals surface area contributed by atoms with Gasteiger partial charge in [0.05, 0.1) is 23.7 Å². The van der Waals surface area contributed by atoms with E-state index in [0.29, 0.717) is 6.54 Å². The van der Waals surface area contributed by atoms with Gasteiger partial charge in [-0.25, -0.2) is 0 Å². The Morgan fingerprint density at radius 1 is 0.902 bits per heavy atom. The molecule has 2 aliphatic rings. The first-order chi connectivity index (χ1) is 24.5. The van der Waals surface area contributed by atoms with Crippen molar-refractivity contribution >= 4 is 52.1 Å². The Bertz CT molecular complexity index is 1800. The fraction of sp³-hybridized carbons (Fsp3) is 0.342. The topological polar surface area (TPSA) is 117 Å². The quantitative estimate of drug-likeness (QED) is 0.0981. The lowest BCUT2D eigenvalue weighted by Crippen LogP contribution is -2.51. The molecule has 2 fully saturated rings. The second-order valence-electron chi connectivity index (χ2n) is 12.8. The highest BCUT2D eigenvalue weighted by Crippen LogP contribution is 2.42. The lowest BCUT2D eigenvalue weighted by atomic mass is 9.89. The number of amides is 1. The second kappa shape index (κ2) is 16.3. The molecule has 4 atom stereocenters. The molecule has 268 valence electrons. The smallest absolute Gasteiger partial charge is 0.272 e. The van der Waals surface area contributed by atoms with Gasteiger partial charge < -0.3 is 24.8 Å². The molecule has 2 aliphatic heterocycles. The summed E-state index contributed by atoms with van der Waals surface area (Å²) >= 11 is 17.2. The molecule has 0 saturated carbocycles. The van der Waals surface area contributed by atoms with Gasteiger partial charge in [-0.15, -0.1) is 0 Å². The van der Waals surface area contributed by atoms with Gasteiger partial charge in [-0.3, -0.25) is 19.8 Å². The van der Waals surface area contributed by atoms with Crippen LogP contribution >= 0.6 is 34.8 Å². The minimum Gasteiger partial charge on any atom is -0.392 e. The number of carbonyl (C=O) groups excluding carboxylic acids is 1. The predicted octanol–water partition coefficient (Wildman–Crippen LogP) is 7.35. The number of aliphatic hydroxyl groups excluding tert-OH is 1. The summed E-state index contributed by atoms with van der Waals surface area (Å²) < 4.78 is 11.4. The highest BCUT2D eigenvalue weighted by molar-refractivity contribution is 6.76. The number of hydrogen-bond donors (Lipinski definition) is 2. The monoisotopic (exact) mass is 752 g/mol. The number of nitrogens with one attached hydrogen (secondary N) is 1. The number of non-ortho nitro benzene ring substituents is 1. The number of benzene rings is 4. The Morgan fingerprint density at radius 2 is 1.55 bits per heavy atom. The van der Waals surface area contributed by atoms with Gasteiger partial charge in [0.25, 0.3) is 15.4 Å². The molecule has 1 amide bonds. The van der Waals surface area contributed by atoms with Crippen molar-refractivity contribution in [3.05, 3.63) is 129 Å². The summed E-state index contributed by atoms with van der Waals surface area (Å²) in [4.78, 5) is 27.5. The summed E-state index contributed by atoms with van der Waals surface area (Å²) in [5.74, 6) is -0.664. The number of alkyl halides is 3. The van der Waals surface area contributed by atoms with Crippen molar-refractivity contribution in [2.75, 3.05) is 37.6 Å². The minimum absolute atomic E-state index is 0.0305. The van der Waals surface area contributed by atoms with E-state index in [0.717, 1.165) is 65.2 Å². The Balaban J connectivity index is 1.18. The van der Waals surface area contributed by atoms with Crippen molar-refractivity contribution in [1.29, 1.82) is 0 Å². The summed E-state index contributed by atoms with van der Waals surface area (Å²) in [7, 11) is 0. The molecule has 13 heteroatoms. The van der Waals surface area contributed by atoms with Gasteiger partial charge in [-0.05, 0) is 39.9 Å². The zero-order valence-corrected chi connectivity index (χ0v) is 30.2. The average molecular weight is 754 g/mol. The van der Waals surface area contributed by atoms with E-state index in [1.54, 1.807) is 12.1 Å². The molecule has 2 saturated heterocycles. The first kappa shape index (κ1) is 37.0. The maximum absolute atomic E-state index is 12.2. The number of nitro groups is 1. The van der Waals surface area contributed by atoms with E-state index < -0.39 is 16.0 Å². The Kier molecular flexibility index (Phi) is 11.8. The van der Waals surface area contributed by atoms with Crippen LogP contribution in [0.3, 0.4) is 0 Å². The van der Waals surface area contributed by atoms with Gasteiger partial charge in [0.1, 0.15) is 0 Å². The Labute approximate surface area is 312 Å². The van der Waals surface area contributed by atoms with Gasteiger partial charge in [-0.1, -0.05) is 115 Å². The van der Waals surface area contributed by atoms with Crippen LogP contribution in [0, 0.1) is 16.0 Å². The molecule has 10 nitrogen and oxygen atoms in total. The molecule has 0 radical (unpaired) electrons. The molecule has 4 aromatic rings. The Hall–Kier alpha value is -3.74. The highest BCUT2D eigenvalue weighted by Gasteiger charge is 2.39. The van der Waals surface area contributed by atoms with Crippen LogP contribution in [0.2, 0.25) is 0 Å².